The average Bonchev–Trinajstić information content (AvgIpc) is 2.65. The first-order valence-electron chi connectivity index (χ1n) is 8.63. The lowest BCUT2D eigenvalue weighted by molar-refractivity contribution is -0.214. The second-order valence-electron chi connectivity index (χ2n) is 6.51. The van der Waals surface area contributed by atoms with E-state index in [-0.39, 0.29) is 6.42 Å². The van der Waals surface area contributed by atoms with Gasteiger partial charge in [0.2, 0.25) is 5.91 Å². The number of aliphatic carboxylic acids is 1. The SMILES string of the molecule is CC(=O)N[C@@H](Cc1cccc(C#C[C@@H]2O[C@H](CO)[C@@H](O)[C@H](O)[C@H]2O)c1)C(=O)O. The maximum absolute atomic E-state index is 11.3. The van der Waals surface area contributed by atoms with E-state index >= 15 is 0 Å². The molecule has 1 heterocycles. The van der Waals surface area contributed by atoms with E-state index in [0.717, 1.165) is 0 Å². The Balaban J connectivity index is 2.15. The highest BCUT2D eigenvalue weighted by atomic mass is 16.5. The van der Waals surface area contributed by atoms with E-state index in [1.165, 1.54) is 6.92 Å². The van der Waals surface area contributed by atoms with Gasteiger partial charge in [-0.15, -0.1) is 0 Å². The van der Waals surface area contributed by atoms with E-state index < -0.39 is 55.0 Å². The highest BCUT2D eigenvalue weighted by molar-refractivity contribution is 5.82. The zero-order chi connectivity index (χ0) is 20.8. The lowest BCUT2D eigenvalue weighted by Crippen LogP contribution is -2.58. The third-order valence-electron chi connectivity index (χ3n) is 4.29. The smallest absolute Gasteiger partial charge is 0.326 e. The molecule has 0 spiro atoms. The van der Waals surface area contributed by atoms with Crippen LogP contribution in [0.2, 0.25) is 0 Å². The molecule has 1 aliphatic heterocycles. The predicted octanol–water partition coefficient (Wildman–Crippen LogP) is -1.99. The molecule has 152 valence electrons. The van der Waals surface area contributed by atoms with Gasteiger partial charge in [0.1, 0.15) is 36.6 Å². The van der Waals surface area contributed by atoms with Gasteiger partial charge in [0.05, 0.1) is 6.61 Å². The number of carbonyl (C=O) groups excluding carboxylic acids is 1. The molecule has 1 saturated heterocycles. The number of benzene rings is 1. The molecular formula is C19H23NO8. The summed E-state index contributed by atoms with van der Waals surface area (Å²) in [6, 6.07) is 5.57. The van der Waals surface area contributed by atoms with E-state index in [1.807, 2.05) is 0 Å². The predicted molar refractivity (Wildman–Crippen MR) is 96.0 cm³/mol. The van der Waals surface area contributed by atoms with Crippen LogP contribution in [0.15, 0.2) is 24.3 Å². The van der Waals surface area contributed by atoms with Crippen LogP contribution in [0, 0.1) is 11.8 Å². The number of ether oxygens (including phenoxy) is 1. The number of carbonyl (C=O) groups is 2. The van der Waals surface area contributed by atoms with Gasteiger partial charge < -0.3 is 35.6 Å². The van der Waals surface area contributed by atoms with Crippen molar-refractivity contribution in [3.63, 3.8) is 0 Å². The Morgan fingerprint density at radius 1 is 1.21 bits per heavy atom. The molecule has 0 aromatic heterocycles. The van der Waals surface area contributed by atoms with Crippen LogP contribution < -0.4 is 5.32 Å². The summed E-state index contributed by atoms with van der Waals surface area (Å²) in [6.45, 7) is 0.691. The van der Waals surface area contributed by atoms with Crippen LogP contribution in [-0.2, 0) is 20.7 Å². The largest absolute Gasteiger partial charge is 0.480 e. The maximum atomic E-state index is 11.3. The first kappa shape index (κ1) is 21.8. The molecule has 0 aliphatic carbocycles. The molecule has 9 nitrogen and oxygen atoms in total. The van der Waals surface area contributed by atoms with Crippen LogP contribution in [0.4, 0.5) is 0 Å². The number of nitrogens with one attached hydrogen (secondary N) is 1. The van der Waals surface area contributed by atoms with E-state index in [4.69, 9.17) is 4.74 Å². The van der Waals surface area contributed by atoms with Crippen molar-refractivity contribution in [1.82, 2.24) is 5.32 Å². The first-order chi connectivity index (χ1) is 13.2. The molecule has 28 heavy (non-hydrogen) atoms. The van der Waals surface area contributed by atoms with Crippen molar-refractivity contribution in [1.29, 1.82) is 0 Å². The molecular weight excluding hydrogens is 370 g/mol. The van der Waals surface area contributed by atoms with Crippen LogP contribution >= 0.6 is 0 Å². The minimum absolute atomic E-state index is 0.0600. The highest BCUT2D eigenvalue weighted by Gasteiger charge is 2.42. The highest BCUT2D eigenvalue weighted by Crippen LogP contribution is 2.20. The molecule has 6 atom stereocenters. The van der Waals surface area contributed by atoms with Crippen molar-refractivity contribution in [3.8, 4) is 11.8 Å². The van der Waals surface area contributed by atoms with Crippen molar-refractivity contribution in [2.45, 2.75) is 49.9 Å². The van der Waals surface area contributed by atoms with Crippen LogP contribution in [0.1, 0.15) is 18.1 Å². The van der Waals surface area contributed by atoms with Gasteiger partial charge in [0.25, 0.3) is 0 Å². The molecule has 1 aliphatic rings. The Labute approximate surface area is 161 Å². The number of amides is 1. The van der Waals surface area contributed by atoms with Crippen LogP contribution in [-0.4, -0.2) is 80.6 Å². The van der Waals surface area contributed by atoms with Crippen LogP contribution in [0.25, 0.3) is 0 Å². The van der Waals surface area contributed by atoms with E-state index in [1.54, 1.807) is 24.3 Å². The molecule has 2 rings (SSSR count). The van der Waals surface area contributed by atoms with Gasteiger partial charge in [-0.25, -0.2) is 4.79 Å². The number of aliphatic hydroxyl groups is 4. The maximum Gasteiger partial charge on any atom is 0.326 e. The van der Waals surface area contributed by atoms with Gasteiger partial charge >= 0.3 is 5.97 Å². The van der Waals surface area contributed by atoms with Crippen molar-refractivity contribution in [2.24, 2.45) is 0 Å². The Hall–Kier alpha value is -2.48. The third-order valence-corrected chi connectivity index (χ3v) is 4.29. The van der Waals surface area contributed by atoms with Crippen LogP contribution in [0.3, 0.4) is 0 Å². The third kappa shape index (κ3) is 5.51. The number of carboxylic acids is 1. The Bertz CT molecular complexity index is 769. The molecule has 1 fully saturated rings. The Kier molecular flexibility index (Phi) is 7.51. The second kappa shape index (κ2) is 9.64. The number of hydrogen-bond acceptors (Lipinski definition) is 7. The van der Waals surface area contributed by atoms with E-state index in [0.29, 0.717) is 11.1 Å². The molecule has 0 unspecified atom stereocenters. The lowest BCUT2D eigenvalue weighted by Gasteiger charge is -2.37. The van der Waals surface area contributed by atoms with Crippen molar-refractivity contribution in [3.05, 3.63) is 35.4 Å². The summed E-state index contributed by atoms with van der Waals surface area (Å²) in [7, 11) is 0. The van der Waals surface area contributed by atoms with Gasteiger partial charge in [-0.05, 0) is 17.7 Å². The van der Waals surface area contributed by atoms with Gasteiger partial charge in [-0.2, -0.15) is 0 Å². The molecule has 6 N–H and O–H groups in total. The first-order valence-corrected chi connectivity index (χ1v) is 8.63. The van der Waals surface area contributed by atoms with Gasteiger partial charge in [0, 0.05) is 18.9 Å². The van der Waals surface area contributed by atoms with E-state index in [2.05, 4.69) is 17.2 Å². The Morgan fingerprint density at radius 3 is 2.54 bits per heavy atom. The van der Waals surface area contributed by atoms with E-state index in [9.17, 15) is 35.1 Å². The summed E-state index contributed by atoms with van der Waals surface area (Å²) in [5, 5.41) is 50.3. The van der Waals surface area contributed by atoms with Crippen molar-refractivity contribution < 1.29 is 39.9 Å². The Morgan fingerprint density at radius 2 is 1.93 bits per heavy atom. The second-order valence-corrected chi connectivity index (χ2v) is 6.51. The summed E-state index contributed by atoms with van der Waals surface area (Å²) >= 11 is 0. The monoisotopic (exact) mass is 393 g/mol. The number of aliphatic hydroxyl groups excluding tert-OH is 4. The van der Waals surface area contributed by atoms with Crippen molar-refractivity contribution >= 4 is 11.9 Å². The summed E-state index contributed by atoms with van der Waals surface area (Å²) in [6.07, 6.45) is -6.52. The summed E-state index contributed by atoms with van der Waals surface area (Å²) < 4.78 is 5.31. The fourth-order valence-electron chi connectivity index (χ4n) is 2.83. The molecule has 0 radical (unpaired) electrons. The summed E-state index contributed by atoms with van der Waals surface area (Å²) in [4.78, 5) is 22.4. The van der Waals surface area contributed by atoms with Crippen LogP contribution in [0.5, 0.6) is 0 Å². The molecule has 1 aromatic carbocycles. The molecule has 1 aromatic rings. The van der Waals surface area contributed by atoms with Gasteiger partial charge in [0.15, 0.2) is 0 Å². The molecule has 0 bridgehead atoms. The normalized spacial score (nSPS) is 28.0. The number of carboxylic acid groups (broad SMARTS) is 1. The molecule has 9 heteroatoms. The minimum Gasteiger partial charge on any atom is -0.480 e. The fraction of sp³-hybridized carbons (Fsp3) is 0.474. The summed E-state index contributed by atoms with van der Waals surface area (Å²) in [5.41, 5.74) is 1.13. The zero-order valence-corrected chi connectivity index (χ0v) is 15.1. The molecule has 1 amide bonds. The molecule has 0 saturated carbocycles. The average molecular weight is 393 g/mol. The quantitative estimate of drug-likeness (QED) is 0.314. The number of hydrogen-bond donors (Lipinski definition) is 6. The number of rotatable bonds is 5. The summed E-state index contributed by atoms with van der Waals surface area (Å²) in [5.74, 6) is 3.80. The lowest BCUT2D eigenvalue weighted by atomic mass is 9.95. The fourth-order valence-corrected chi connectivity index (χ4v) is 2.83. The topological polar surface area (TPSA) is 157 Å². The van der Waals surface area contributed by atoms with Crippen molar-refractivity contribution in [2.75, 3.05) is 6.61 Å². The van der Waals surface area contributed by atoms with Gasteiger partial charge in [-0.1, -0.05) is 24.0 Å². The van der Waals surface area contributed by atoms with Gasteiger partial charge in [-0.3, -0.25) is 4.79 Å². The minimum atomic E-state index is -1.51. The zero-order valence-electron chi connectivity index (χ0n) is 15.1. The standard InChI is InChI=1S/C19H23NO8/c1-10(22)20-13(19(26)27)8-12-4-2-3-11(7-12)5-6-14-16(23)18(25)17(24)15(9-21)28-14/h2-4,7,13-18,21,23-25H,8-9H2,1H3,(H,20,22)(H,26,27)/t13-,14-,15+,16-,17+,18+/m0/s1.